The van der Waals surface area contributed by atoms with E-state index in [1.54, 1.807) is 0 Å². The van der Waals surface area contributed by atoms with Gasteiger partial charge in [0.05, 0.1) is 0 Å². The molecule has 5 nitrogen and oxygen atoms in total. The van der Waals surface area contributed by atoms with Crippen LogP contribution in [0.15, 0.2) is 4.52 Å². The van der Waals surface area contributed by atoms with Gasteiger partial charge in [-0.3, -0.25) is 4.79 Å². The highest BCUT2D eigenvalue weighted by Gasteiger charge is 2.21. The summed E-state index contributed by atoms with van der Waals surface area (Å²) in [7, 11) is 0. The van der Waals surface area contributed by atoms with Crippen molar-refractivity contribution in [2.75, 3.05) is 13.1 Å². The topological polar surface area (TPSA) is 59.2 Å². The van der Waals surface area contributed by atoms with Crippen molar-refractivity contribution in [2.24, 2.45) is 5.92 Å². The van der Waals surface area contributed by atoms with E-state index in [1.165, 1.54) is 0 Å². The minimum atomic E-state index is -0.104. The third kappa shape index (κ3) is 5.78. The van der Waals surface area contributed by atoms with Gasteiger partial charge in [0.1, 0.15) is 0 Å². The Hall–Kier alpha value is -1.39. The summed E-state index contributed by atoms with van der Waals surface area (Å²) in [5, 5.41) is 4.01. The molecule has 1 aromatic heterocycles. The highest BCUT2D eigenvalue weighted by atomic mass is 16.5. The van der Waals surface area contributed by atoms with Crippen LogP contribution in [0.5, 0.6) is 0 Å². The van der Waals surface area contributed by atoms with Crippen molar-refractivity contribution in [1.29, 1.82) is 0 Å². The normalized spacial score (nSPS) is 13.2. The molecular weight excluding hydrogens is 278 g/mol. The molecule has 1 aromatic rings. The van der Waals surface area contributed by atoms with Crippen LogP contribution in [-0.4, -0.2) is 34.0 Å². The molecule has 1 rings (SSSR count). The lowest BCUT2D eigenvalue weighted by molar-refractivity contribution is -0.131. The zero-order valence-corrected chi connectivity index (χ0v) is 15.0. The van der Waals surface area contributed by atoms with E-state index >= 15 is 0 Å². The predicted molar refractivity (Wildman–Crippen MR) is 87.6 cm³/mol. The first-order valence-corrected chi connectivity index (χ1v) is 8.38. The van der Waals surface area contributed by atoms with Crippen LogP contribution in [0, 0.1) is 5.92 Å². The number of rotatable bonds is 8. The molecule has 22 heavy (non-hydrogen) atoms. The fraction of sp³-hybridized carbons (Fsp3) is 0.824. The molecule has 0 saturated heterocycles. The first-order valence-electron chi connectivity index (χ1n) is 8.38. The molecule has 1 atom stereocenters. The van der Waals surface area contributed by atoms with E-state index in [-0.39, 0.29) is 11.3 Å². The molecule has 0 aliphatic carbocycles. The molecule has 1 heterocycles. The monoisotopic (exact) mass is 309 g/mol. The van der Waals surface area contributed by atoms with Crippen molar-refractivity contribution in [3.63, 3.8) is 0 Å². The maximum atomic E-state index is 12.2. The summed E-state index contributed by atoms with van der Waals surface area (Å²) in [4.78, 5) is 18.6. The molecule has 0 bridgehead atoms. The van der Waals surface area contributed by atoms with Crippen molar-refractivity contribution < 1.29 is 9.32 Å². The van der Waals surface area contributed by atoms with Gasteiger partial charge in [0.25, 0.3) is 0 Å². The van der Waals surface area contributed by atoms with Gasteiger partial charge in [0.2, 0.25) is 11.8 Å². The molecular formula is C17H31N3O2. The minimum absolute atomic E-state index is 0.104. The van der Waals surface area contributed by atoms with Gasteiger partial charge in [-0.15, -0.1) is 0 Å². The van der Waals surface area contributed by atoms with Crippen LogP contribution in [-0.2, 0) is 16.6 Å². The molecule has 0 aliphatic heterocycles. The molecule has 0 saturated carbocycles. The minimum Gasteiger partial charge on any atom is -0.343 e. The van der Waals surface area contributed by atoms with Crippen LogP contribution in [0.2, 0.25) is 0 Å². The predicted octanol–water partition coefficient (Wildman–Crippen LogP) is 3.58. The Labute approximate surface area is 134 Å². The van der Waals surface area contributed by atoms with Gasteiger partial charge < -0.3 is 9.42 Å². The van der Waals surface area contributed by atoms with E-state index in [2.05, 4.69) is 44.8 Å². The molecule has 5 heteroatoms. The maximum absolute atomic E-state index is 12.2. The largest absolute Gasteiger partial charge is 0.343 e. The van der Waals surface area contributed by atoms with Gasteiger partial charge in [-0.25, -0.2) is 0 Å². The van der Waals surface area contributed by atoms with Crippen molar-refractivity contribution in [1.82, 2.24) is 15.0 Å². The number of nitrogens with zero attached hydrogens (tertiary/aromatic N) is 3. The van der Waals surface area contributed by atoms with E-state index in [4.69, 9.17) is 4.52 Å². The average Bonchev–Trinajstić information content (AvgIpc) is 2.93. The lowest BCUT2D eigenvalue weighted by Gasteiger charge is -2.24. The molecule has 0 aromatic carbocycles. The van der Waals surface area contributed by atoms with E-state index in [1.807, 2.05) is 11.8 Å². The Morgan fingerprint density at radius 1 is 1.32 bits per heavy atom. The van der Waals surface area contributed by atoms with Gasteiger partial charge in [-0.05, 0) is 19.3 Å². The SMILES string of the molecule is CC[C@H](C)CN(CC)C(=O)CCCc1nc(C(C)(C)C)no1. The first-order chi connectivity index (χ1) is 10.3. The second-order valence-electron chi connectivity index (χ2n) is 7.06. The lowest BCUT2D eigenvalue weighted by Crippen LogP contribution is -2.34. The van der Waals surface area contributed by atoms with Gasteiger partial charge in [-0.2, -0.15) is 4.98 Å². The van der Waals surface area contributed by atoms with Crippen molar-refractivity contribution in [3.05, 3.63) is 11.7 Å². The number of hydrogen-bond donors (Lipinski definition) is 0. The average molecular weight is 309 g/mol. The zero-order valence-electron chi connectivity index (χ0n) is 15.0. The van der Waals surface area contributed by atoms with Crippen LogP contribution < -0.4 is 0 Å². The van der Waals surface area contributed by atoms with E-state index in [9.17, 15) is 4.79 Å². The Balaban J connectivity index is 2.42. The summed E-state index contributed by atoms with van der Waals surface area (Å²) < 4.78 is 5.26. The molecule has 0 aliphatic rings. The second-order valence-corrected chi connectivity index (χ2v) is 7.06. The van der Waals surface area contributed by atoms with Crippen molar-refractivity contribution in [2.45, 2.75) is 72.6 Å². The van der Waals surface area contributed by atoms with Crippen LogP contribution in [0.1, 0.15) is 72.5 Å². The summed E-state index contributed by atoms with van der Waals surface area (Å²) in [6.07, 6.45) is 3.05. The molecule has 126 valence electrons. The third-order valence-electron chi connectivity index (χ3n) is 3.88. The summed E-state index contributed by atoms with van der Waals surface area (Å²) in [5.74, 6) is 2.12. The number of aromatic nitrogens is 2. The fourth-order valence-corrected chi connectivity index (χ4v) is 2.12. The molecule has 0 radical (unpaired) electrons. The molecule has 0 fully saturated rings. The molecule has 0 spiro atoms. The quantitative estimate of drug-likeness (QED) is 0.736. The molecule has 1 amide bonds. The second kappa shape index (κ2) is 8.30. The number of hydrogen-bond acceptors (Lipinski definition) is 4. The highest BCUT2D eigenvalue weighted by Crippen LogP contribution is 2.19. The van der Waals surface area contributed by atoms with Crippen LogP contribution in [0.25, 0.3) is 0 Å². The van der Waals surface area contributed by atoms with Gasteiger partial charge >= 0.3 is 0 Å². The Kier molecular flexibility index (Phi) is 7.04. The fourth-order valence-electron chi connectivity index (χ4n) is 2.12. The Bertz CT molecular complexity index is 463. The van der Waals surface area contributed by atoms with E-state index < -0.39 is 0 Å². The number of carbonyl (C=O) groups is 1. The number of aryl methyl sites for hydroxylation is 1. The summed E-state index contributed by atoms with van der Waals surface area (Å²) >= 11 is 0. The summed E-state index contributed by atoms with van der Waals surface area (Å²) in [6.45, 7) is 14.2. The standard InChI is InChI=1S/C17H31N3O2/c1-7-13(3)12-20(8-2)15(21)11-9-10-14-18-16(19-22-14)17(4,5)6/h13H,7-12H2,1-6H3/t13-/m0/s1. The van der Waals surface area contributed by atoms with Gasteiger partial charge in [0, 0.05) is 31.3 Å². The molecule has 0 unspecified atom stereocenters. The third-order valence-corrected chi connectivity index (χ3v) is 3.88. The van der Waals surface area contributed by atoms with Crippen LogP contribution in [0.3, 0.4) is 0 Å². The van der Waals surface area contributed by atoms with E-state index in [0.29, 0.717) is 24.7 Å². The van der Waals surface area contributed by atoms with E-state index in [0.717, 1.165) is 31.8 Å². The summed E-state index contributed by atoms with van der Waals surface area (Å²) in [5.41, 5.74) is -0.104. The number of carbonyl (C=O) groups excluding carboxylic acids is 1. The van der Waals surface area contributed by atoms with Gasteiger partial charge in [0.15, 0.2) is 5.82 Å². The highest BCUT2D eigenvalue weighted by molar-refractivity contribution is 5.76. The Morgan fingerprint density at radius 2 is 2.00 bits per heavy atom. The van der Waals surface area contributed by atoms with Gasteiger partial charge in [-0.1, -0.05) is 46.2 Å². The van der Waals surface area contributed by atoms with Crippen molar-refractivity contribution >= 4 is 5.91 Å². The van der Waals surface area contributed by atoms with Crippen molar-refractivity contribution in [3.8, 4) is 0 Å². The smallest absolute Gasteiger partial charge is 0.226 e. The Morgan fingerprint density at radius 3 is 2.50 bits per heavy atom. The maximum Gasteiger partial charge on any atom is 0.226 e. The molecule has 0 N–H and O–H groups in total. The lowest BCUT2D eigenvalue weighted by atomic mass is 9.96. The summed E-state index contributed by atoms with van der Waals surface area (Å²) in [6, 6.07) is 0. The van der Waals surface area contributed by atoms with Crippen LogP contribution in [0.4, 0.5) is 0 Å². The zero-order chi connectivity index (χ0) is 16.8. The number of amides is 1. The first kappa shape index (κ1) is 18.7. The van der Waals surface area contributed by atoms with Crippen LogP contribution >= 0.6 is 0 Å².